The first-order valence-corrected chi connectivity index (χ1v) is 10.3. The SMILES string of the molecule is C/C(=N\NC(=O)[C@@H](C)Oc1ccc2ccccc2c1)c1ccc(-c2ccccc2)cc1. The second kappa shape index (κ2) is 9.26. The Balaban J connectivity index is 1.38. The lowest BCUT2D eigenvalue weighted by Crippen LogP contribution is -2.33. The number of carbonyl (C=O) groups excluding carboxylic acids is 1. The number of nitrogens with zero attached hydrogens (tertiary/aromatic N) is 1. The van der Waals surface area contributed by atoms with E-state index in [9.17, 15) is 4.79 Å². The molecule has 4 rings (SSSR count). The fraction of sp³-hybridized carbons (Fsp3) is 0.111. The summed E-state index contributed by atoms with van der Waals surface area (Å²) in [4.78, 5) is 12.4. The van der Waals surface area contributed by atoms with E-state index in [4.69, 9.17) is 4.74 Å². The van der Waals surface area contributed by atoms with E-state index < -0.39 is 6.10 Å². The van der Waals surface area contributed by atoms with E-state index in [1.807, 2.05) is 79.7 Å². The van der Waals surface area contributed by atoms with Gasteiger partial charge in [0.15, 0.2) is 6.10 Å². The lowest BCUT2D eigenvalue weighted by molar-refractivity contribution is -0.127. The van der Waals surface area contributed by atoms with Crippen molar-refractivity contribution in [3.63, 3.8) is 0 Å². The van der Waals surface area contributed by atoms with Crippen LogP contribution in [0.2, 0.25) is 0 Å². The molecule has 0 aliphatic heterocycles. The molecule has 0 saturated carbocycles. The van der Waals surface area contributed by atoms with Gasteiger partial charge in [-0.2, -0.15) is 5.10 Å². The first-order chi connectivity index (χ1) is 15.1. The van der Waals surface area contributed by atoms with E-state index in [-0.39, 0.29) is 5.91 Å². The van der Waals surface area contributed by atoms with E-state index in [2.05, 4.69) is 34.8 Å². The van der Waals surface area contributed by atoms with Crippen molar-refractivity contribution in [3.05, 3.63) is 103 Å². The minimum absolute atomic E-state index is 0.298. The standard InChI is InChI=1S/C27H24N2O2/c1-19(21-12-14-24(15-13-21)22-8-4-3-5-9-22)28-29-27(30)20(2)31-26-17-16-23-10-6-7-11-25(23)18-26/h3-18,20H,1-2H3,(H,29,30)/b28-19+/t20-/m1/s1. The molecule has 4 aromatic rings. The van der Waals surface area contributed by atoms with Gasteiger partial charge in [-0.25, -0.2) is 5.43 Å². The van der Waals surface area contributed by atoms with Crippen LogP contribution in [0.4, 0.5) is 0 Å². The normalized spacial score (nSPS) is 12.4. The summed E-state index contributed by atoms with van der Waals surface area (Å²) in [5.41, 5.74) is 6.58. The zero-order valence-corrected chi connectivity index (χ0v) is 17.6. The summed E-state index contributed by atoms with van der Waals surface area (Å²) in [6.07, 6.45) is -0.668. The predicted molar refractivity (Wildman–Crippen MR) is 126 cm³/mol. The monoisotopic (exact) mass is 408 g/mol. The lowest BCUT2D eigenvalue weighted by Gasteiger charge is -2.14. The maximum atomic E-state index is 12.4. The summed E-state index contributed by atoms with van der Waals surface area (Å²) in [6.45, 7) is 3.58. The highest BCUT2D eigenvalue weighted by atomic mass is 16.5. The second-order valence-corrected chi connectivity index (χ2v) is 7.39. The highest BCUT2D eigenvalue weighted by Gasteiger charge is 2.14. The third kappa shape index (κ3) is 4.98. The molecule has 0 saturated heterocycles. The van der Waals surface area contributed by atoms with Crippen molar-refractivity contribution < 1.29 is 9.53 Å². The maximum Gasteiger partial charge on any atom is 0.280 e. The predicted octanol–water partition coefficient (Wildman–Crippen LogP) is 5.81. The summed E-state index contributed by atoms with van der Waals surface area (Å²) in [5.74, 6) is 0.354. The molecule has 4 nitrogen and oxygen atoms in total. The number of carbonyl (C=O) groups is 1. The second-order valence-electron chi connectivity index (χ2n) is 7.39. The lowest BCUT2D eigenvalue weighted by atomic mass is 10.0. The molecular weight excluding hydrogens is 384 g/mol. The molecule has 0 unspecified atom stereocenters. The number of rotatable bonds is 6. The number of amides is 1. The van der Waals surface area contributed by atoms with Gasteiger partial charge in [-0.15, -0.1) is 0 Å². The first-order valence-electron chi connectivity index (χ1n) is 10.3. The highest BCUT2D eigenvalue weighted by Crippen LogP contribution is 2.22. The average molecular weight is 409 g/mol. The Morgan fingerprint density at radius 1 is 0.806 bits per heavy atom. The Morgan fingerprint density at radius 3 is 2.19 bits per heavy atom. The Labute approximate surface area is 182 Å². The van der Waals surface area contributed by atoms with Gasteiger partial charge < -0.3 is 4.74 Å². The van der Waals surface area contributed by atoms with Gasteiger partial charge >= 0.3 is 0 Å². The zero-order chi connectivity index (χ0) is 21.6. The van der Waals surface area contributed by atoms with Crippen LogP contribution in [0.15, 0.2) is 102 Å². The maximum absolute atomic E-state index is 12.4. The van der Waals surface area contributed by atoms with Gasteiger partial charge in [0.2, 0.25) is 0 Å². The van der Waals surface area contributed by atoms with Crippen LogP contribution in [0, 0.1) is 0 Å². The minimum Gasteiger partial charge on any atom is -0.481 e. The van der Waals surface area contributed by atoms with Crippen molar-refractivity contribution in [2.45, 2.75) is 20.0 Å². The van der Waals surface area contributed by atoms with Crippen molar-refractivity contribution >= 4 is 22.4 Å². The molecule has 0 heterocycles. The molecule has 0 radical (unpaired) electrons. The van der Waals surface area contributed by atoms with Crippen molar-refractivity contribution in [2.24, 2.45) is 5.10 Å². The average Bonchev–Trinajstić information content (AvgIpc) is 2.83. The molecule has 0 bridgehead atoms. The van der Waals surface area contributed by atoms with Gasteiger partial charge in [-0.1, -0.05) is 84.9 Å². The number of ether oxygens (including phenoxy) is 1. The van der Waals surface area contributed by atoms with E-state index in [0.29, 0.717) is 5.75 Å². The fourth-order valence-corrected chi connectivity index (χ4v) is 3.33. The fourth-order valence-electron chi connectivity index (χ4n) is 3.33. The summed E-state index contributed by atoms with van der Waals surface area (Å²) >= 11 is 0. The van der Waals surface area contributed by atoms with Gasteiger partial charge in [0.1, 0.15) is 5.75 Å². The smallest absolute Gasteiger partial charge is 0.280 e. The van der Waals surface area contributed by atoms with Crippen LogP contribution in [0.1, 0.15) is 19.4 Å². The molecular formula is C27H24N2O2. The molecule has 154 valence electrons. The van der Waals surface area contributed by atoms with Crippen molar-refractivity contribution in [1.29, 1.82) is 0 Å². The molecule has 31 heavy (non-hydrogen) atoms. The van der Waals surface area contributed by atoms with Crippen LogP contribution < -0.4 is 10.2 Å². The van der Waals surface area contributed by atoms with E-state index >= 15 is 0 Å². The molecule has 1 N–H and O–H groups in total. The first kappa shape index (κ1) is 20.4. The molecule has 1 amide bonds. The summed E-state index contributed by atoms with van der Waals surface area (Å²) in [7, 11) is 0. The summed E-state index contributed by atoms with van der Waals surface area (Å²) in [6, 6.07) is 32.1. The number of hydrazone groups is 1. The molecule has 0 spiro atoms. The van der Waals surface area contributed by atoms with Gasteiger partial charge in [-0.3, -0.25) is 4.79 Å². The number of nitrogens with one attached hydrogen (secondary N) is 1. The topological polar surface area (TPSA) is 50.7 Å². The highest BCUT2D eigenvalue weighted by molar-refractivity contribution is 5.99. The third-order valence-electron chi connectivity index (χ3n) is 5.15. The Morgan fingerprint density at radius 2 is 1.45 bits per heavy atom. The van der Waals surface area contributed by atoms with Crippen molar-refractivity contribution in [2.75, 3.05) is 0 Å². The van der Waals surface area contributed by atoms with Gasteiger partial charge in [0.05, 0.1) is 5.71 Å². The Kier molecular flexibility index (Phi) is 6.08. The van der Waals surface area contributed by atoms with Gasteiger partial charge in [-0.05, 0) is 53.4 Å². The number of benzene rings is 4. The Hall–Kier alpha value is -3.92. The molecule has 0 fully saturated rings. The summed E-state index contributed by atoms with van der Waals surface area (Å²) < 4.78 is 5.81. The Bertz CT molecular complexity index is 1210. The summed E-state index contributed by atoms with van der Waals surface area (Å²) in [5, 5.41) is 6.45. The molecule has 0 aromatic heterocycles. The molecule has 0 aliphatic carbocycles. The number of hydrogen-bond acceptors (Lipinski definition) is 3. The van der Waals surface area contributed by atoms with Crippen LogP contribution in [0.25, 0.3) is 21.9 Å². The van der Waals surface area contributed by atoms with Crippen LogP contribution in [0.5, 0.6) is 5.75 Å². The van der Waals surface area contributed by atoms with E-state index in [0.717, 1.165) is 33.2 Å². The third-order valence-corrected chi connectivity index (χ3v) is 5.15. The van der Waals surface area contributed by atoms with E-state index in [1.54, 1.807) is 6.92 Å². The van der Waals surface area contributed by atoms with Crippen LogP contribution in [-0.2, 0) is 4.79 Å². The minimum atomic E-state index is -0.668. The van der Waals surface area contributed by atoms with Gasteiger partial charge in [0.25, 0.3) is 5.91 Å². The van der Waals surface area contributed by atoms with Crippen LogP contribution >= 0.6 is 0 Å². The van der Waals surface area contributed by atoms with E-state index in [1.165, 1.54) is 0 Å². The molecule has 1 atom stereocenters. The molecule has 0 aliphatic rings. The van der Waals surface area contributed by atoms with Crippen molar-refractivity contribution in [1.82, 2.24) is 5.43 Å². The molecule has 4 aromatic carbocycles. The van der Waals surface area contributed by atoms with Crippen molar-refractivity contribution in [3.8, 4) is 16.9 Å². The van der Waals surface area contributed by atoms with Crippen LogP contribution in [0.3, 0.4) is 0 Å². The van der Waals surface area contributed by atoms with Gasteiger partial charge in [0, 0.05) is 0 Å². The number of hydrogen-bond donors (Lipinski definition) is 1. The quantitative estimate of drug-likeness (QED) is 0.323. The zero-order valence-electron chi connectivity index (χ0n) is 17.6. The van der Waals surface area contributed by atoms with Crippen LogP contribution in [-0.4, -0.2) is 17.7 Å². The largest absolute Gasteiger partial charge is 0.481 e. The molecule has 4 heteroatoms. The number of fused-ring (bicyclic) bond motifs is 1.